The standard InChI is InChI=1S/C13H14O3/c1-13-8-4-3-7(5-8)11(13)12(15)9(16-2)6-10(13)14/h3-4,6-8,11H,5H2,1-2H3/t7-,8+,11?,13?/m0/s1. The van der Waals surface area contributed by atoms with Gasteiger partial charge in [-0.05, 0) is 18.3 Å². The first kappa shape index (κ1) is 9.82. The van der Waals surface area contributed by atoms with Crippen molar-refractivity contribution in [3.8, 4) is 0 Å². The summed E-state index contributed by atoms with van der Waals surface area (Å²) in [5.74, 6) is 0.537. The summed E-state index contributed by atoms with van der Waals surface area (Å²) in [7, 11) is 1.45. The lowest BCUT2D eigenvalue weighted by Crippen LogP contribution is -2.46. The van der Waals surface area contributed by atoms with Gasteiger partial charge in [0, 0.05) is 17.4 Å². The van der Waals surface area contributed by atoms with E-state index in [0.717, 1.165) is 6.42 Å². The van der Waals surface area contributed by atoms with E-state index in [2.05, 4.69) is 12.2 Å². The van der Waals surface area contributed by atoms with Crippen LogP contribution in [0.2, 0.25) is 0 Å². The third-order valence-corrected chi connectivity index (χ3v) is 4.50. The van der Waals surface area contributed by atoms with Gasteiger partial charge in [-0.2, -0.15) is 0 Å². The SMILES string of the molecule is COC1=CC(=O)C2(C)C(C1=O)[C@H]1C=C[C@@H]2C1. The molecule has 3 rings (SSSR count). The number of ketones is 2. The zero-order valence-electron chi connectivity index (χ0n) is 9.40. The van der Waals surface area contributed by atoms with Gasteiger partial charge < -0.3 is 4.74 Å². The molecule has 16 heavy (non-hydrogen) atoms. The van der Waals surface area contributed by atoms with Gasteiger partial charge in [-0.15, -0.1) is 0 Å². The maximum Gasteiger partial charge on any atom is 0.202 e. The van der Waals surface area contributed by atoms with Crippen LogP contribution in [0.1, 0.15) is 13.3 Å². The van der Waals surface area contributed by atoms with Crippen LogP contribution in [-0.2, 0) is 14.3 Å². The van der Waals surface area contributed by atoms with E-state index in [4.69, 9.17) is 4.74 Å². The van der Waals surface area contributed by atoms with Crippen molar-refractivity contribution in [2.24, 2.45) is 23.2 Å². The molecule has 0 aromatic heterocycles. The van der Waals surface area contributed by atoms with Gasteiger partial charge in [-0.3, -0.25) is 9.59 Å². The number of methoxy groups -OCH3 is 1. The summed E-state index contributed by atoms with van der Waals surface area (Å²) in [4.78, 5) is 24.4. The number of hydrogen-bond acceptors (Lipinski definition) is 3. The number of allylic oxidation sites excluding steroid dienone is 4. The number of rotatable bonds is 1. The van der Waals surface area contributed by atoms with Crippen LogP contribution in [0, 0.1) is 23.2 Å². The molecule has 0 aliphatic heterocycles. The molecular formula is C13H14O3. The van der Waals surface area contributed by atoms with Crippen LogP contribution in [0.3, 0.4) is 0 Å². The summed E-state index contributed by atoms with van der Waals surface area (Å²) in [6.45, 7) is 1.93. The molecule has 0 saturated heterocycles. The maximum absolute atomic E-state index is 12.2. The molecule has 4 atom stereocenters. The van der Waals surface area contributed by atoms with Crippen LogP contribution >= 0.6 is 0 Å². The van der Waals surface area contributed by atoms with Crippen LogP contribution in [0.5, 0.6) is 0 Å². The Hall–Kier alpha value is -1.38. The van der Waals surface area contributed by atoms with Crippen LogP contribution in [-0.4, -0.2) is 18.7 Å². The van der Waals surface area contributed by atoms with Gasteiger partial charge in [0.25, 0.3) is 0 Å². The normalized spacial score (nSPS) is 44.6. The average molecular weight is 218 g/mol. The molecule has 0 heterocycles. The molecule has 0 aromatic rings. The Morgan fingerprint density at radius 3 is 2.81 bits per heavy atom. The lowest BCUT2D eigenvalue weighted by molar-refractivity contribution is -0.138. The largest absolute Gasteiger partial charge is 0.493 e. The van der Waals surface area contributed by atoms with Gasteiger partial charge in [-0.1, -0.05) is 19.1 Å². The van der Waals surface area contributed by atoms with E-state index in [9.17, 15) is 9.59 Å². The van der Waals surface area contributed by atoms with E-state index < -0.39 is 5.41 Å². The van der Waals surface area contributed by atoms with Crippen LogP contribution in [0.15, 0.2) is 24.0 Å². The molecule has 0 aromatic carbocycles. The van der Waals surface area contributed by atoms with Gasteiger partial charge >= 0.3 is 0 Å². The van der Waals surface area contributed by atoms with Crippen LogP contribution < -0.4 is 0 Å². The average Bonchev–Trinajstić information content (AvgIpc) is 2.82. The Morgan fingerprint density at radius 2 is 2.12 bits per heavy atom. The first-order chi connectivity index (χ1) is 7.59. The van der Waals surface area contributed by atoms with Crippen LogP contribution in [0.25, 0.3) is 0 Å². The van der Waals surface area contributed by atoms with Crippen molar-refractivity contribution in [1.82, 2.24) is 0 Å². The third kappa shape index (κ3) is 0.896. The highest BCUT2D eigenvalue weighted by Gasteiger charge is 2.61. The number of carbonyl (C=O) groups is 2. The Bertz CT molecular complexity index is 446. The molecule has 0 N–H and O–H groups in total. The van der Waals surface area contributed by atoms with Gasteiger partial charge in [0.05, 0.1) is 7.11 Å². The minimum atomic E-state index is -0.515. The van der Waals surface area contributed by atoms with Crippen molar-refractivity contribution < 1.29 is 14.3 Å². The predicted molar refractivity (Wildman–Crippen MR) is 57.4 cm³/mol. The van der Waals surface area contributed by atoms with Gasteiger partial charge in [0.15, 0.2) is 11.5 Å². The summed E-state index contributed by atoms with van der Waals surface area (Å²) in [5, 5.41) is 0. The van der Waals surface area contributed by atoms with Crippen molar-refractivity contribution in [3.05, 3.63) is 24.0 Å². The summed E-state index contributed by atoms with van der Waals surface area (Å²) in [6, 6.07) is 0. The molecule has 0 amide bonds. The molecular weight excluding hydrogens is 204 g/mol. The number of hydrogen-bond donors (Lipinski definition) is 0. The summed E-state index contributed by atoms with van der Waals surface area (Å²) in [6.07, 6.45) is 6.50. The highest BCUT2D eigenvalue weighted by atomic mass is 16.5. The maximum atomic E-state index is 12.2. The topological polar surface area (TPSA) is 43.4 Å². The fraction of sp³-hybridized carbons (Fsp3) is 0.538. The number of ether oxygens (including phenoxy) is 1. The Balaban J connectivity index is 2.14. The van der Waals surface area contributed by atoms with Crippen molar-refractivity contribution in [2.75, 3.05) is 7.11 Å². The molecule has 0 spiro atoms. The Morgan fingerprint density at radius 1 is 1.38 bits per heavy atom. The molecule has 3 aliphatic carbocycles. The molecule has 1 saturated carbocycles. The Kier molecular flexibility index (Phi) is 1.74. The molecule has 3 nitrogen and oxygen atoms in total. The molecule has 3 heteroatoms. The van der Waals surface area contributed by atoms with E-state index in [1.807, 2.05) is 6.92 Å². The number of Topliss-reactive ketones (excluding diaryl/α,β-unsaturated/α-hetero) is 1. The van der Waals surface area contributed by atoms with Gasteiger partial charge in [-0.25, -0.2) is 0 Å². The lowest BCUT2D eigenvalue weighted by Gasteiger charge is -2.38. The van der Waals surface area contributed by atoms with E-state index in [-0.39, 0.29) is 35.1 Å². The highest BCUT2D eigenvalue weighted by Crippen LogP contribution is 2.58. The molecule has 84 valence electrons. The predicted octanol–water partition coefficient (Wildman–Crippen LogP) is 1.50. The third-order valence-electron chi connectivity index (χ3n) is 4.50. The number of fused-ring (bicyclic) bond motifs is 5. The van der Waals surface area contributed by atoms with Crippen molar-refractivity contribution >= 4 is 11.6 Å². The highest BCUT2D eigenvalue weighted by molar-refractivity contribution is 6.12. The van der Waals surface area contributed by atoms with Gasteiger partial charge in [0.1, 0.15) is 0 Å². The van der Waals surface area contributed by atoms with Gasteiger partial charge in [0.2, 0.25) is 5.78 Å². The zero-order valence-corrected chi connectivity index (χ0v) is 9.40. The Labute approximate surface area is 94.2 Å². The second-order valence-electron chi connectivity index (χ2n) is 5.09. The minimum Gasteiger partial charge on any atom is -0.493 e. The van der Waals surface area contributed by atoms with Crippen molar-refractivity contribution in [3.63, 3.8) is 0 Å². The molecule has 1 fully saturated rings. The molecule has 0 radical (unpaired) electrons. The molecule has 2 unspecified atom stereocenters. The second-order valence-corrected chi connectivity index (χ2v) is 5.09. The fourth-order valence-electron chi connectivity index (χ4n) is 3.56. The number of carbonyl (C=O) groups excluding carboxylic acids is 2. The summed E-state index contributed by atoms with van der Waals surface area (Å²) in [5.41, 5.74) is -0.515. The molecule has 3 aliphatic rings. The van der Waals surface area contributed by atoms with Crippen LogP contribution in [0.4, 0.5) is 0 Å². The zero-order chi connectivity index (χ0) is 11.5. The second kappa shape index (κ2) is 2.84. The van der Waals surface area contributed by atoms with E-state index in [1.54, 1.807) is 0 Å². The summed E-state index contributed by atoms with van der Waals surface area (Å²) < 4.78 is 5.00. The van der Waals surface area contributed by atoms with E-state index in [0.29, 0.717) is 0 Å². The lowest BCUT2D eigenvalue weighted by atomic mass is 9.63. The molecule has 2 bridgehead atoms. The van der Waals surface area contributed by atoms with E-state index >= 15 is 0 Å². The quantitative estimate of drug-likeness (QED) is 0.626. The minimum absolute atomic E-state index is 0.00134. The first-order valence-corrected chi connectivity index (χ1v) is 5.61. The van der Waals surface area contributed by atoms with E-state index in [1.165, 1.54) is 13.2 Å². The fourth-order valence-corrected chi connectivity index (χ4v) is 3.56. The monoisotopic (exact) mass is 218 g/mol. The van der Waals surface area contributed by atoms with Crippen molar-refractivity contribution in [2.45, 2.75) is 13.3 Å². The summed E-state index contributed by atoms with van der Waals surface area (Å²) >= 11 is 0. The smallest absolute Gasteiger partial charge is 0.202 e. The van der Waals surface area contributed by atoms with Crippen molar-refractivity contribution in [1.29, 1.82) is 0 Å². The first-order valence-electron chi connectivity index (χ1n) is 5.61.